The maximum atomic E-state index is 15.7. The zero-order chi connectivity index (χ0) is 28.5. The Morgan fingerprint density at radius 2 is 1.87 bits per heavy atom. The Bertz CT molecular complexity index is 1260. The maximum Gasteiger partial charge on any atom is 0.235 e. The van der Waals surface area contributed by atoms with Gasteiger partial charge < -0.3 is 21.3 Å². The van der Waals surface area contributed by atoms with Crippen molar-refractivity contribution in [3.8, 4) is 5.75 Å². The molecular formula is C27H34FN3O7. The van der Waals surface area contributed by atoms with Crippen molar-refractivity contribution >= 4 is 29.0 Å². The van der Waals surface area contributed by atoms with Crippen LogP contribution in [0.3, 0.4) is 0 Å². The molecule has 206 valence electrons. The lowest BCUT2D eigenvalue weighted by molar-refractivity contribution is -0.181. The van der Waals surface area contributed by atoms with Gasteiger partial charge in [0.25, 0.3) is 0 Å². The van der Waals surface area contributed by atoms with Gasteiger partial charge in [0.05, 0.1) is 17.5 Å². The Hall–Kier alpha value is -3.02. The highest BCUT2D eigenvalue weighted by atomic mass is 19.1. The first-order valence-corrected chi connectivity index (χ1v) is 12.7. The van der Waals surface area contributed by atoms with Crippen LogP contribution in [-0.4, -0.2) is 75.4 Å². The van der Waals surface area contributed by atoms with E-state index in [1.54, 1.807) is 0 Å². The summed E-state index contributed by atoms with van der Waals surface area (Å²) < 4.78 is 15.7. The fourth-order valence-corrected chi connectivity index (χ4v) is 6.30. The Kier molecular flexibility index (Phi) is 6.87. The SMILES string of the molecule is CCC(C)(C)NCc1cc(O)c2c(c1F)C[C@H]1C[C@H]3[C@H](N(C)C)C(=O)C(C(N)=O)C(=O)[C@@]3(O)C(=O)C1C2=O. The van der Waals surface area contributed by atoms with Gasteiger partial charge >= 0.3 is 0 Å². The topological polar surface area (TPSA) is 167 Å². The van der Waals surface area contributed by atoms with E-state index in [0.717, 1.165) is 12.5 Å². The van der Waals surface area contributed by atoms with Crippen molar-refractivity contribution in [3.05, 3.63) is 28.6 Å². The second kappa shape index (κ2) is 9.32. The van der Waals surface area contributed by atoms with Gasteiger partial charge in [-0.05, 0) is 59.2 Å². The maximum absolute atomic E-state index is 15.7. The predicted molar refractivity (Wildman–Crippen MR) is 133 cm³/mol. The van der Waals surface area contributed by atoms with Gasteiger partial charge in [0.2, 0.25) is 5.91 Å². The summed E-state index contributed by atoms with van der Waals surface area (Å²) >= 11 is 0. The zero-order valence-electron chi connectivity index (χ0n) is 22.1. The number of rotatable bonds is 6. The lowest BCUT2D eigenvalue weighted by Crippen LogP contribution is -2.74. The van der Waals surface area contributed by atoms with Crippen molar-refractivity contribution in [2.24, 2.45) is 29.4 Å². The molecule has 3 aliphatic rings. The van der Waals surface area contributed by atoms with Crippen LogP contribution < -0.4 is 11.1 Å². The molecular weight excluding hydrogens is 497 g/mol. The molecule has 0 spiro atoms. The van der Waals surface area contributed by atoms with E-state index in [9.17, 15) is 34.2 Å². The number of amides is 1. The van der Waals surface area contributed by atoms with E-state index < -0.39 is 75.9 Å². The minimum absolute atomic E-state index is 0.0366. The van der Waals surface area contributed by atoms with Crippen LogP contribution in [-0.2, 0) is 32.1 Å². The minimum Gasteiger partial charge on any atom is -0.507 e. The van der Waals surface area contributed by atoms with Gasteiger partial charge in [-0.25, -0.2) is 4.39 Å². The van der Waals surface area contributed by atoms with Crippen LogP contribution in [0.1, 0.15) is 55.1 Å². The van der Waals surface area contributed by atoms with Gasteiger partial charge in [0.15, 0.2) is 34.7 Å². The molecule has 2 unspecified atom stereocenters. The smallest absolute Gasteiger partial charge is 0.235 e. The minimum atomic E-state index is -2.80. The number of hydrogen-bond donors (Lipinski definition) is 4. The number of carbonyl (C=O) groups excluding carboxylic acids is 5. The van der Waals surface area contributed by atoms with E-state index in [1.807, 2.05) is 20.8 Å². The monoisotopic (exact) mass is 531 g/mol. The number of nitrogens with one attached hydrogen (secondary N) is 1. The molecule has 1 aromatic rings. The number of primary amides is 1. The predicted octanol–water partition coefficient (Wildman–Crippen LogP) is 0.284. The second-order valence-corrected chi connectivity index (χ2v) is 11.6. The molecule has 6 atom stereocenters. The number of hydrogen-bond acceptors (Lipinski definition) is 9. The number of ketones is 4. The molecule has 0 radical (unpaired) electrons. The molecule has 1 amide bonds. The first-order chi connectivity index (χ1) is 17.6. The third-order valence-electron chi connectivity index (χ3n) is 8.71. The summed E-state index contributed by atoms with van der Waals surface area (Å²) in [7, 11) is 3.01. The van der Waals surface area contributed by atoms with Gasteiger partial charge in [0, 0.05) is 29.1 Å². The lowest BCUT2D eigenvalue weighted by atomic mass is 9.52. The molecule has 3 aliphatic carbocycles. The van der Waals surface area contributed by atoms with E-state index in [4.69, 9.17) is 5.73 Å². The quantitative estimate of drug-likeness (QED) is 0.377. The van der Waals surface area contributed by atoms with Gasteiger partial charge in [-0.2, -0.15) is 0 Å². The van der Waals surface area contributed by atoms with Crippen molar-refractivity contribution in [2.45, 2.75) is 63.8 Å². The Morgan fingerprint density at radius 1 is 1.24 bits per heavy atom. The number of likely N-dealkylation sites (N-methyl/N-ethyl adjacent to an activating group) is 1. The summed E-state index contributed by atoms with van der Waals surface area (Å²) in [5, 5.41) is 25.5. The molecule has 38 heavy (non-hydrogen) atoms. The van der Waals surface area contributed by atoms with Crippen LogP contribution in [0.15, 0.2) is 6.07 Å². The molecule has 4 rings (SSSR count). The van der Waals surface area contributed by atoms with Gasteiger partial charge in [0.1, 0.15) is 11.6 Å². The average molecular weight is 532 g/mol. The number of carbonyl (C=O) groups is 5. The van der Waals surface area contributed by atoms with Gasteiger partial charge in [-0.15, -0.1) is 0 Å². The van der Waals surface area contributed by atoms with E-state index >= 15 is 4.39 Å². The highest BCUT2D eigenvalue weighted by Gasteiger charge is 2.69. The Balaban J connectivity index is 1.80. The summed E-state index contributed by atoms with van der Waals surface area (Å²) in [5.74, 6) is -12.4. The molecule has 10 nitrogen and oxygen atoms in total. The van der Waals surface area contributed by atoms with Crippen LogP contribution in [0.5, 0.6) is 5.75 Å². The third kappa shape index (κ3) is 3.99. The summed E-state index contributed by atoms with van der Waals surface area (Å²) in [6.07, 6.45) is 0.521. The van der Waals surface area contributed by atoms with Crippen LogP contribution in [0, 0.1) is 29.5 Å². The molecule has 2 fully saturated rings. The highest BCUT2D eigenvalue weighted by molar-refractivity contribution is 6.32. The van der Waals surface area contributed by atoms with E-state index in [1.165, 1.54) is 19.0 Å². The molecule has 2 saturated carbocycles. The van der Waals surface area contributed by atoms with Crippen molar-refractivity contribution in [2.75, 3.05) is 14.1 Å². The zero-order valence-corrected chi connectivity index (χ0v) is 22.1. The van der Waals surface area contributed by atoms with Gasteiger partial charge in [-0.1, -0.05) is 6.92 Å². The number of aliphatic hydroxyl groups is 1. The van der Waals surface area contributed by atoms with Crippen molar-refractivity contribution < 1.29 is 38.6 Å². The number of phenolic OH excluding ortho intramolecular Hbond substituents is 1. The number of Topliss-reactive ketones (excluding diaryl/α,β-unsaturated/α-hetero) is 4. The van der Waals surface area contributed by atoms with Crippen molar-refractivity contribution in [1.29, 1.82) is 0 Å². The molecule has 0 aliphatic heterocycles. The van der Waals surface area contributed by atoms with Crippen LogP contribution >= 0.6 is 0 Å². The van der Waals surface area contributed by atoms with E-state index in [-0.39, 0.29) is 41.6 Å². The van der Waals surface area contributed by atoms with Gasteiger partial charge in [-0.3, -0.25) is 28.9 Å². The third-order valence-corrected chi connectivity index (χ3v) is 8.71. The number of aromatic hydroxyl groups is 1. The number of nitrogens with zero attached hydrogens (tertiary/aromatic N) is 1. The Morgan fingerprint density at radius 3 is 2.42 bits per heavy atom. The summed E-state index contributed by atoms with van der Waals surface area (Å²) in [6, 6.07) is -0.0624. The Labute approximate surface area is 219 Å². The number of fused-ring (bicyclic) bond motifs is 3. The number of benzene rings is 1. The number of halogens is 1. The van der Waals surface area contributed by atoms with Crippen molar-refractivity contribution in [3.63, 3.8) is 0 Å². The standard InChI is InChI=1S/C27H34FN3O7/c1-6-26(2,3)30-10-12-9-15(32)17-13(19(12)28)7-11-8-14-20(31(4)5)22(34)18(25(29)37)24(36)27(14,38)23(35)16(11)21(17)33/h9,11,14,16,18,20,30,32,38H,6-8,10H2,1-5H3,(H2,29,37)/t11-,14-,16?,18?,20-,27-/m0/s1. The number of nitrogens with two attached hydrogens (primary N) is 1. The summed E-state index contributed by atoms with van der Waals surface area (Å²) in [6.45, 7) is 5.96. The molecule has 0 aromatic heterocycles. The molecule has 0 saturated heterocycles. The van der Waals surface area contributed by atoms with E-state index in [2.05, 4.69) is 5.32 Å². The average Bonchev–Trinajstić information content (AvgIpc) is 2.82. The largest absolute Gasteiger partial charge is 0.507 e. The summed E-state index contributed by atoms with van der Waals surface area (Å²) in [4.78, 5) is 67.1. The fourth-order valence-electron chi connectivity index (χ4n) is 6.30. The number of phenols is 1. The highest BCUT2D eigenvalue weighted by Crippen LogP contribution is 2.51. The first-order valence-electron chi connectivity index (χ1n) is 12.7. The normalized spacial score (nSPS) is 31.2. The molecule has 0 heterocycles. The first kappa shape index (κ1) is 28.0. The molecule has 0 bridgehead atoms. The van der Waals surface area contributed by atoms with Crippen LogP contribution in [0.2, 0.25) is 0 Å². The van der Waals surface area contributed by atoms with Crippen LogP contribution in [0.25, 0.3) is 0 Å². The fraction of sp³-hybridized carbons (Fsp3) is 0.593. The van der Waals surface area contributed by atoms with E-state index in [0.29, 0.717) is 0 Å². The molecule has 5 N–H and O–H groups in total. The summed E-state index contributed by atoms with van der Waals surface area (Å²) in [5.41, 5.74) is 1.96. The van der Waals surface area contributed by atoms with Crippen LogP contribution in [0.4, 0.5) is 4.39 Å². The lowest BCUT2D eigenvalue weighted by Gasteiger charge is -2.52. The molecule has 1 aromatic carbocycles. The van der Waals surface area contributed by atoms with Crippen molar-refractivity contribution in [1.82, 2.24) is 10.2 Å². The molecule has 11 heteroatoms. The second-order valence-electron chi connectivity index (χ2n) is 11.6.